The van der Waals surface area contributed by atoms with Crippen molar-refractivity contribution in [2.24, 2.45) is 11.3 Å². The third-order valence-corrected chi connectivity index (χ3v) is 7.53. The molecule has 0 fully saturated rings. The fourth-order valence-corrected chi connectivity index (χ4v) is 5.98. The zero-order valence-electron chi connectivity index (χ0n) is 18.9. The standard InChI is InChI=1S/C23H28N2O5S2/c1-6-29-17-11-13(7-10-16(17)30-32(5,27)28)20-24-21(26)19-15-9-8-14(23(2,3)4)12-18(15)31-22(19)25-20/h7,10-11,14H,6,8-9,12H2,1-5H3,(H,24,25,26)/t14-/m1/s1. The van der Waals surface area contributed by atoms with Crippen molar-refractivity contribution in [3.05, 3.63) is 39.0 Å². The van der Waals surface area contributed by atoms with Gasteiger partial charge in [0.2, 0.25) is 0 Å². The van der Waals surface area contributed by atoms with Gasteiger partial charge in [-0.05, 0) is 61.3 Å². The second-order valence-corrected chi connectivity index (χ2v) is 11.9. The van der Waals surface area contributed by atoms with E-state index in [1.807, 2.05) is 0 Å². The first-order chi connectivity index (χ1) is 15.0. The molecule has 1 aliphatic rings. The van der Waals surface area contributed by atoms with Gasteiger partial charge in [0.1, 0.15) is 10.7 Å². The Morgan fingerprint density at radius 3 is 2.66 bits per heavy atom. The molecule has 0 bridgehead atoms. The van der Waals surface area contributed by atoms with Crippen molar-refractivity contribution in [1.82, 2.24) is 9.97 Å². The number of rotatable bonds is 5. The maximum absolute atomic E-state index is 13.0. The molecule has 0 aliphatic heterocycles. The molecule has 4 rings (SSSR count). The number of nitrogens with one attached hydrogen (secondary N) is 1. The average Bonchev–Trinajstić information content (AvgIpc) is 3.06. The summed E-state index contributed by atoms with van der Waals surface area (Å²) in [4.78, 5) is 22.7. The normalized spacial score (nSPS) is 16.7. The largest absolute Gasteiger partial charge is 0.490 e. The first-order valence-corrected chi connectivity index (χ1v) is 13.3. The fraction of sp³-hybridized carbons (Fsp3) is 0.478. The van der Waals surface area contributed by atoms with E-state index in [1.165, 1.54) is 10.9 Å². The Balaban J connectivity index is 1.76. The minimum atomic E-state index is -3.70. The van der Waals surface area contributed by atoms with E-state index in [0.29, 0.717) is 29.3 Å². The molecule has 1 aromatic carbocycles. The van der Waals surface area contributed by atoms with Gasteiger partial charge in [-0.3, -0.25) is 4.79 Å². The lowest BCUT2D eigenvalue weighted by atomic mass is 9.72. The summed E-state index contributed by atoms with van der Waals surface area (Å²) in [6, 6.07) is 4.81. The highest BCUT2D eigenvalue weighted by atomic mass is 32.2. The van der Waals surface area contributed by atoms with Crippen LogP contribution >= 0.6 is 11.3 Å². The lowest BCUT2D eigenvalue weighted by Crippen LogP contribution is -2.26. The molecule has 0 unspecified atom stereocenters. The second-order valence-electron chi connectivity index (χ2n) is 9.29. The third kappa shape index (κ3) is 4.54. The molecule has 172 valence electrons. The molecular weight excluding hydrogens is 448 g/mol. The summed E-state index contributed by atoms with van der Waals surface area (Å²) < 4.78 is 33.7. The monoisotopic (exact) mass is 476 g/mol. The van der Waals surface area contributed by atoms with Crippen LogP contribution in [0.2, 0.25) is 0 Å². The van der Waals surface area contributed by atoms with Crippen LogP contribution < -0.4 is 14.5 Å². The van der Waals surface area contributed by atoms with Crippen molar-refractivity contribution in [1.29, 1.82) is 0 Å². The maximum atomic E-state index is 13.0. The first-order valence-electron chi connectivity index (χ1n) is 10.7. The Morgan fingerprint density at radius 2 is 2.00 bits per heavy atom. The molecule has 0 saturated carbocycles. The lowest BCUT2D eigenvalue weighted by Gasteiger charge is -2.33. The fourth-order valence-electron chi connectivity index (χ4n) is 4.22. The number of hydrogen-bond donors (Lipinski definition) is 1. The second kappa shape index (κ2) is 8.19. The number of ether oxygens (including phenoxy) is 1. The molecule has 3 aromatic rings. The van der Waals surface area contributed by atoms with Crippen molar-refractivity contribution in [2.45, 2.75) is 47.0 Å². The lowest BCUT2D eigenvalue weighted by molar-refractivity contribution is 0.218. The number of hydrogen-bond acceptors (Lipinski definition) is 7. The zero-order chi connectivity index (χ0) is 23.3. The van der Waals surface area contributed by atoms with E-state index in [4.69, 9.17) is 13.9 Å². The van der Waals surface area contributed by atoms with Crippen molar-refractivity contribution < 1.29 is 17.3 Å². The molecule has 9 heteroatoms. The molecule has 1 aliphatic carbocycles. The van der Waals surface area contributed by atoms with E-state index < -0.39 is 10.1 Å². The molecule has 32 heavy (non-hydrogen) atoms. The molecular formula is C23H28N2O5S2. The minimum absolute atomic E-state index is 0.0985. The Morgan fingerprint density at radius 1 is 1.25 bits per heavy atom. The van der Waals surface area contributed by atoms with Gasteiger partial charge < -0.3 is 13.9 Å². The highest BCUT2D eigenvalue weighted by Gasteiger charge is 2.31. The molecule has 0 radical (unpaired) electrons. The quantitative estimate of drug-likeness (QED) is 0.543. The smallest absolute Gasteiger partial charge is 0.306 e. The summed E-state index contributed by atoms with van der Waals surface area (Å²) in [5.74, 6) is 1.37. The molecule has 0 amide bonds. The number of nitrogens with zero attached hydrogens (tertiary/aromatic N) is 1. The van der Waals surface area contributed by atoms with Crippen LogP contribution in [0.3, 0.4) is 0 Å². The van der Waals surface area contributed by atoms with Crippen LogP contribution in [0.1, 0.15) is 44.6 Å². The summed E-state index contributed by atoms with van der Waals surface area (Å²) in [5, 5.41) is 0.697. The summed E-state index contributed by atoms with van der Waals surface area (Å²) in [6.45, 7) is 8.94. The predicted molar refractivity (Wildman–Crippen MR) is 127 cm³/mol. The third-order valence-electron chi connectivity index (χ3n) is 5.90. The van der Waals surface area contributed by atoms with Gasteiger partial charge in [0.15, 0.2) is 11.5 Å². The number of aryl methyl sites for hydroxylation is 1. The van der Waals surface area contributed by atoms with Crippen LogP contribution in [0.25, 0.3) is 21.6 Å². The molecule has 1 N–H and O–H groups in total. The number of fused-ring (bicyclic) bond motifs is 3. The number of thiophene rings is 1. The molecule has 0 saturated heterocycles. The number of aromatic amines is 1. The summed E-state index contributed by atoms with van der Waals surface area (Å²) in [6.07, 6.45) is 3.92. The van der Waals surface area contributed by atoms with Crippen molar-refractivity contribution in [3.8, 4) is 22.9 Å². The number of benzene rings is 1. The van der Waals surface area contributed by atoms with E-state index in [9.17, 15) is 13.2 Å². The van der Waals surface area contributed by atoms with Gasteiger partial charge in [-0.15, -0.1) is 11.3 Å². The van der Waals surface area contributed by atoms with E-state index in [2.05, 4.69) is 25.8 Å². The molecule has 0 spiro atoms. The van der Waals surface area contributed by atoms with E-state index >= 15 is 0 Å². The van der Waals surface area contributed by atoms with Crippen molar-refractivity contribution in [2.75, 3.05) is 12.9 Å². The SMILES string of the molecule is CCOc1cc(-c2nc3sc4c(c3c(=O)[nH]2)CC[C@@H](C(C)(C)C)C4)ccc1OS(C)(=O)=O. The van der Waals surface area contributed by atoms with Crippen LogP contribution in [0.5, 0.6) is 11.5 Å². The van der Waals surface area contributed by atoms with Gasteiger partial charge in [-0.1, -0.05) is 20.8 Å². The van der Waals surface area contributed by atoms with E-state index in [1.54, 1.807) is 30.4 Å². The van der Waals surface area contributed by atoms with Gasteiger partial charge in [-0.25, -0.2) is 4.98 Å². The van der Waals surface area contributed by atoms with Gasteiger partial charge in [-0.2, -0.15) is 8.42 Å². The Hall–Kier alpha value is -2.39. The Kier molecular flexibility index (Phi) is 5.83. The van der Waals surface area contributed by atoms with Gasteiger partial charge in [0.25, 0.3) is 5.56 Å². The number of H-pyrrole nitrogens is 1. The number of aromatic nitrogens is 2. The summed E-state index contributed by atoms with van der Waals surface area (Å²) in [7, 11) is -3.70. The summed E-state index contributed by atoms with van der Waals surface area (Å²) >= 11 is 1.60. The average molecular weight is 477 g/mol. The molecule has 2 aromatic heterocycles. The van der Waals surface area contributed by atoms with Gasteiger partial charge in [0.05, 0.1) is 18.2 Å². The molecule has 7 nitrogen and oxygen atoms in total. The summed E-state index contributed by atoms with van der Waals surface area (Å²) in [5.41, 5.74) is 1.83. The van der Waals surface area contributed by atoms with Crippen LogP contribution in [0.15, 0.2) is 23.0 Å². The highest BCUT2D eigenvalue weighted by molar-refractivity contribution is 7.86. The zero-order valence-corrected chi connectivity index (χ0v) is 20.6. The van der Waals surface area contributed by atoms with Crippen LogP contribution in [-0.4, -0.2) is 31.2 Å². The topological polar surface area (TPSA) is 98.3 Å². The minimum Gasteiger partial charge on any atom is -0.490 e. The molecule has 1 atom stereocenters. The van der Waals surface area contributed by atoms with Gasteiger partial charge in [0, 0.05) is 10.4 Å². The van der Waals surface area contributed by atoms with Gasteiger partial charge >= 0.3 is 10.1 Å². The Bertz CT molecular complexity index is 1330. The predicted octanol–water partition coefficient (Wildman–Crippen LogP) is 4.54. The molecule has 2 heterocycles. The van der Waals surface area contributed by atoms with E-state index in [-0.39, 0.29) is 22.5 Å². The van der Waals surface area contributed by atoms with Crippen LogP contribution in [0.4, 0.5) is 0 Å². The maximum Gasteiger partial charge on any atom is 0.306 e. The van der Waals surface area contributed by atoms with Crippen molar-refractivity contribution in [3.63, 3.8) is 0 Å². The Labute approximate surface area is 191 Å². The van der Waals surface area contributed by atoms with Crippen LogP contribution in [-0.2, 0) is 23.0 Å². The highest BCUT2D eigenvalue weighted by Crippen LogP contribution is 2.42. The van der Waals surface area contributed by atoms with Crippen molar-refractivity contribution >= 4 is 31.7 Å². The first kappa shape index (κ1) is 22.8. The van der Waals surface area contributed by atoms with Crippen LogP contribution in [0, 0.1) is 11.3 Å². The van der Waals surface area contributed by atoms with E-state index in [0.717, 1.165) is 35.9 Å².